The zero-order chi connectivity index (χ0) is 14.7. The van der Waals surface area contributed by atoms with Crippen LogP contribution in [0.4, 0.5) is 5.69 Å². The lowest BCUT2D eigenvalue weighted by atomic mass is 10.1. The number of pyridine rings is 1. The smallest absolute Gasteiger partial charge is 0.0448 e. The van der Waals surface area contributed by atoms with Gasteiger partial charge in [0.25, 0.3) is 0 Å². The van der Waals surface area contributed by atoms with E-state index in [-0.39, 0.29) is 0 Å². The molecule has 1 heterocycles. The van der Waals surface area contributed by atoms with Gasteiger partial charge in [0, 0.05) is 48.3 Å². The van der Waals surface area contributed by atoms with Crippen molar-refractivity contribution in [1.29, 1.82) is 0 Å². The third-order valence-electron chi connectivity index (χ3n) is 3.66. The lowest BCUT2D eigenvalue weighted by Crippen LogP contribution is -2.32. The maximum absolute atomic E-state index is 4.49. The lowest BCUT2D eigenvalue weighted by Gasteiger charge is -2.29. The molecule has 1 N–H and O–H groups in total. The first-order chi connectivity index (χ1) is 9.47. The van der Waals surface area contributed by atoms with Crippen molar-refractivity contribution in [1.82, 2.24) is 10.3 Å². The van der Waals surface area contributed by atoms with Gasteiger partial charge in [-0.05, 0) is 31.7 Å². The van der Waals surface area contributed by atoms with Crippen molar-refractivity contribution in [3.63, 3.8) is 0 Å². The van der Waals surface area contributed by atoms with E-state index in [9.17, 15) is 0 Å². The SMILES string of the molecule is Cc1cc(N(CC(C)C)C2CC2)c(CNC(C)C)cn1. The van der Waals surface area contributed by atoms with Crippen molar-refractivity contribution in [2.45, 2.75) is 66.1 Å². The maximum Gasteiger partial charge on any atom is 0.0448 e. The molecule has 1 aromatic heterocycles. The molecule has 0 unspecified atom stereocenters. The Labute approximate surface area is 123 Å². The normalized spacial score (nSPS) is 15.2. The van der Waals surface area contributed by atoms with Crippen molar-refractivity contribution < 1.29 is 0 Å². The van der Waals surface area contributed by atoms with Crippen LogP contribution in [0.5, 0.6) is 0 Å². The number of hydrogen-bond donors (Lipinski definition) is 1. The molecule has 1 saturated carbocycles. The Hall–Kier alpha value is -1.09. The van der Waals surface area contributed by atoms with Gasteiger partial charge in [-0.1, -0.05) is 27.7 Å². The average Bonchev–Trinajstić information content (AvgIpc) is 3.18. The summed E-state index contributed by atoms with van der Waals surface area (Å²) in [5.74, 6) is 0.690. The first-order valence-corrected chi connectivity index (χ1v) is 7.93. The molecule has 1 aliphatic rings. The summed E-state index contributed by atoms with van der Waals surface area (Å²) in [6.07, 6.45) is 4.73. The van der Waals surface area contributed by atoms with E-state index in [0.717, 1.165) is 24.8 Å². The number of aryl methyl sites for hydroxylation is 1. The summed E-state index contributed by atoms with van der Waals surface area (Å²) in [5, 5.41) is 3.52. The van der Waals surface area contributed by atoms with E-state index in [0.29, 0.717) is 12.0 Å². The fourth-order valence-corrected chi connectivity index (χ4v) is 2.52. The summed E-state index contributed by atoms with van der Waals surface area (Å²) in [6, 6.07) is 3.51. The third-order valence-corrected chi connectivity index (χ3v) is 3.66. The Bertz CT molecular complexity index is 436. The lowest BCUT2D eigenvalue weighted by molar-refractivity contribution is 0.578. The van der Waals surface area contributed by atoms with Gasteiger partial charge in [0.05, 0.1) is 0 Å². The molecule has 0 bridgehead atoms. The average molecular weight is 275 g/mol. The van der Waals surface area contributed by atoms with Crippen LogP contribution in [-0.2, 0) is 6.54 Å². The second-order valence-electron chi connectivity index (χ2n) is 6.77. The molecule has 3 heteroatoms. The summed E-state index contributed by atoms with van der Waals surface area (Å²) < 4.78 is 0. The summed E-state index contributed by atoms with van der Waals surface area (Å²) >= 11 is 0. The van der Waals surface area contributed by atoms with Gasteiger partial charge >= 0.3 is 0 Å². The molecule has 2 rings (SSSR count). The van der Waals surface area contributed by atoms with E-state index in [2.05, 4.69) is 62.1 Å². The molecular weight excluding hydrogens is 246 g/mol. The van der Waals surface area contributed by atoms with Gasteiger partial charge in [-0.2, -0.15) is 0 Å². The van der Waals surface area contributed by atoms with E-state index >= 15 is 0 Å². The molecule has 20 heavy (non-hydrogen) atoms. The molecule has 1 fully saturated rings. The fraction of sp³-hybridized carbons (Fsp3) is 0.706. The van der Waals surface area contributed by atoms with E-state index < -0.39 is 0 Å². The molecule has 112 valence electrons. The third kappa shape index (κ3) is 4.20. The Morgan fingerprint density at radius 1 is 1.30 bits per heavy atom. The predicted octanol–water partition coefficient (Wildman–Crippen LogP) is 3.51. The van der Waals surface area contributed by atoms with Crippen LogP contribution in [0.1, 0.15) is 51.8 Å². The van der Waals surface area contributed by atoms with Gasteiger partial charge in [0.1, 0.15) is 0 Å². The van der Waals surface area contributed by atoms with Crippen LogP contribution < -0.4 is 10.2 Å². The van der Waals surface area contributed by atoms with Crippen LogP contribution in [-0.4, -0.2) is 23.6 Å². The quantitative estimate of drug-likeness (QED) is 0.825. The minimum Gasteiger partial charge on any atom is -0.368 e. The Morgan fingerprint density at radius 3 is 2.55 bits per heavy atom. The molecular formula is C17H29N3. The van der Waals surface area contributed by atoms with Crippen molar-refractivity contribution in [3.8, 4) is 0 Å². The molecule has 0 atom stereocenters. The minimum atomic E-state index is 0.503. The Morgan fingerprint density at radius 2 is 2.00 bits per heavy atom. The predicted molar refractivity (Wildman–Crippen MR) is 86.2 cm³/mol. The van der Waals surface area contributed by atoms with E-state index in [1.54, 1.807) is 0 Å². The van der Waals surface area contributed by atoms with Gasteiger partial charge in [-0.3, -0.25) is 4.98 Å². The van der Waals surface area contributed by atoms with Crippen molar-refractivity contribution in [3.05, 3.63) is 23.5 Å². The highest BCUT2D eigenvalue weighted by Gasteiger charge is 2.30. The van der Waals surface area contributed by atoms with Gasteiger partial charge in [-0.25, -0.2) is 0 Å². The summed E-state index contributed by atoms with van der Waals surface area (Å²) in [4.78, 5) is 7.10. The maximum atomic E-state index is 4.49. The van der Waals surface area contributed by atoms with Gasteiger partial charge < -0.3 is 10.2 Å². The number of anilines is 1. The number of nitrogens with zero attached hydrogens (tertiary/aromatic N) is 2. The van der Waals surface area contributed by atoms with E-state index in [1.165, 1.54) is 24.1 Å². The second kappa shape index (κ2) is 6.57. The summed E-state index contributed by atoms with van der Waals surface area (Å²) in [7, 11) is 0. The zero-order valence-electron chi connectivity index (χ0n) is 13.6. The van der Waals surface area contributed by atoms with Crippen LogP contribution in [0.2, 0.25) is 0 Å². The first-order valence-electron chi connectivity index (χ1n) is 7.93. The molecule has 0 saturated heterocycles. The Kier molecular flexibility index (Phi) is 5.03. The van der Waals surface area contributed by atoms with E-state index in [4.69, 9.17) is 0 Å². The van der Waals surface area contributed by atoms with Crippen LogP contribution in [0.3, 0.4) is 0 Å². The van der Waals surface area contributed by atoms with Gasteiger partial charge in [0.15, 0.2) is 0 Å². The van der Waals surface area contributed by atoms with Crippen LogP contribution in [0.15, 0.2) is 12.3 Å². The molecule has 3 nitrogen and oxygen atoms in total. The Balaban J connectivity index is 2.23. The van der Waals surface area contributed by atoms with Crippen molar-refractivity contribution in [2.24, 2.45) is 5.92 Å². The van der Waals surface area contributed by atoms with Crippen LogP contribution >= 0.6 is 0 Å². The molecule has 0 spiro atoms. The summed E-state index contributed by atoms with van der Waals surface area (Å²) in [5.41, 5.74) is 3.83. The number of nitrogens with one attached hydrogen (secondary N) is 1. The molecule has 1 aliphatic carbocycles. The summed E-state index contributed by atoms with van der Waals surface area (Å²) in [6.45, 7) is 13.1. The number of aromatic nitrogens is 1. The minimum absolute atomic E-state index is 0.503. The highest BCUT2D eigenvalue weighted by molar-refractivity contribution is 5.55. The first kappa shape index (κ1) is 15.3. The van der Waals surface area contributed by atoms with Gasteiger partial charge in [-0.15, -0.1) is 0 Å². The van der Waals surface area contributed by atoms with Crippen molar-refractivity contribution in [2.75, 3.05) is 11.4 Å². The molecule has 0 aliphatic heterocycles. The standard InChI is InChI=1S/C17H29N3/c1-12(2)11-20(16-6-7-16)17-8-14(5)19-10-15(17)9-18-13(3)4/h8,10,12-13,16,18H,6-7,9,11H2,1-5H3. The van der Waals surface area contributed by atoms with Crippen LogP contribution in [0, 0.1) is 12.8 Å². The highest BCUT2D eigenvalue weighted by Crippen LogP contribution is 2.34. The van der Waals surface area contributed by atoms with Crippen molar-refractivity contribution >= 4 is 5.69 Å². The highest BCUT2D eigenvalue weighted by atomic mass is 15.2. The monoisotopic (exact) mass is 275 g/mol. The second-order valence-corrected chi connectivity index (χ2v) is 6.77. The van der Waals surface area contributed by atoms with Crippen LogP contribution in [0.25, 0.3) is 0 Å². The fourth-order valence-electron chi connectivity index (χ4n) is 2.52. The van der Waals surface area contributed by atoms with E-state index in [1.807, 2.05) is 0 Å². The molecule has 1 aromatic rings. The zero-order valence-corrected chi connectivity index (χ0v) is 13.6. The molecule has 0 radical (unpaired) electrons. The largest absolute Gasteiger partial charge is 0.368 e. The topological polar surface area (TPSA) is 28.2 Å². The number of hydrogen-bond acceptors (Lipinski definition) is 3. The van der Waals surface area contributed by atoms with Gasteiger partial charge in [0.2, 0.25) is 0 Å². The molecule has 0 aromatic carbocycles. The molecule has 0 amide bonds. The number of rotatable bonds is 7.